The third-order valence-electron chi connectivity index (χ3n) is 2.81. The molecule has 2 rings (SSSR count). The first-order chi connectivity index (χ1) is 7.27. The molecule has 3 heteroatoms. The highest BCUT2D eigenvalue weighted by Gasteiger charge is 2.40. The fourth-order valence-electron chi connectivity index (χ4n) is 1.75. The van der Waals surface area contributed by atoms with Gasteiger partial charge in [0.25, 0.3) is 0 Å². The number of aliphatic hydroxyl groups is 1. The second-order valence-corrected chi connectivity index (χ2v) is 4.01. The summed E-state index contributed by atoms with van der Waals surface area (Å²) >= 11 is 0. The van der Waals surface area contributed by atoms with Crippen molar-refractivity contribution in [2.75, 3.05) is 6.61 Å². The van der Waals surface area contributed by atoms with E-state index >= 15 is 0 Å². The average molecular weight is 210 g/mol. The SMILES string of the molecule is O[C@H]1C[C@@H](COCc2ccccc2)[C@H]1F. The molecule has 0 bridgehead atoms. The number of rotatable bonds is 4. The smallest absolute Gasteiger partial charge is 0.131 e. The molecule has 1 fully saturated rings. The summed E-state index contributed by atoms with van der Waals surface area (Å²) in [5.74, 6) is -0.122. The highest BCUT2D eigenvalue weighted by Crippen LogP contribution is 2.31. The molecule has 0 unspecified atom stereocenters. The molecular formula is C12H15FO2. The van der Waals surface area contributed by atoms with E-state index in [0.717, 1.165) is 5.56 Å². The summed E-state index contributed by atoms with van der Waals surface area (Å²) in [6.45, 7) is 0.910. The Bertz CT molecular complexity index is 302. The maximum Gasteiger partial charge on any atom is 0.131 e. The molecular weight excluding hydrogens is 195 g/mol. The molecule has 3 atom stereocenters. The van der Waals surface area contributed by atoms with Crippen LogP contribution in [-0.4, -0.2) is 24.0 Å². The van der Waals surface area contributed by atoms with Crippen molar-refractivity contribution in [1.82, 2.24) is 0 Å². The zero-order valence-corrected chi connectivity index (χ0v) is 8.47. The van der Waals surface area contributed by atoms with Gasteiger partial charge in [-0.2, -0.15) is 0 Å². The molecule has 1 aliphatic carbocycles. The number of ether oxygens (including phenoxy) is 1. The molecule has 0 aromatic heterocycles. The lowest BCUT2D eigenvalue weighted by molar-refractivity contribution is -0.0871. The summed E-state index contributed by atoms with van der Waals surface area (Å²) in [5, 5.41) is 8.97. The Kier molecular flexibility index (Phi) is 3.34. The minimum atomic E-state index is -1.10. The molecule has 1 aromatic carbocycles. The first-order valence-corrected chi connectivity index (χ1v) is 5.21. The predicted octanol–water partition coefficient (Wildman–Crippen LogP) is 1.92. The zero-order valence-electron chi connectivity index (χ0n) is 8.47. The molecule has 0 saturated heterocycles. The monoisotopic (exact) mass is 210 g/mol. The van der Waals surface area contributed by atoms with E-state index < -0.39 is 12.3 Å². The van der Waals surface area contributed by atoms with Crippen LogP contribution < -0.4 is 0 Å². The lowest BCUT2D eigenvalue weighted by Crippen LogP contribution is -2.45. The van der Waals surface area contributed by atoms with Crippen LogP contribution >= 0.6 is 0 Å². The van der Waals surface area contributed by atoms with Gasteiger partial charge in [-0.3, -0.25) is 0 Å². The lowest BCUT2D eigenvalue weighted by Gasteiger charge is -2.35. The van der Waals surface area contributed by atoms with Crippen molar-refractivity contribution in [3.63, 3.8) is 0 Å². The summed E-state index contributed by atoms with van der Waals surface area (Å²) < 4.78 is 18.4. The zero-order chi connectivity index (χ0) is 10.7. The Labute approximate surface area is 88.7 Å². The summed E-state index contributed by atoms with van der Waals surface area (Å²) in [5.41, 5.74) is 1.09. The van der Waals surface area contributed by atoms with E-state index in [1.807, 2.05) is 30.3 Å². The Morgan fingerprint density at radius 1 is 1.33 bits per heavy atom. The molecule has 2 nitrogen and oxygen atoms in total. The van der Waals surface area contributed by atoms with Gasteiger partial charge in [-0.15, -0.1) is 0 Å². The molecule has 1 aliphatic rings. The van der Waals surface area contributed by atoms with Crippen molar-refractivity contribution < 1.29 is 14.2 Å². The van der Waals surface area contributed by atoms with Crippen LogP contribution in [0, 0.1) is 5.92 Å². The van der Waals surface area contributed by atoms with Crippen molar-refractivity contribution in [1.29, 1.82) is 0 Å². The fraction of sp³-hybridized carbons (Fsp3) is 0.500. The Balaban J connectivity index is 1.68. The predicted molar refractivity (Wildman–Crippen MR) is 55.1 cm³/mol. The summed E-state index contributed by atoms with van der Waals surface area (Å²) in [4.78, 5) is 0. The summed E-state index contributed by atoms with van der Waals surface area (Å²) in [7, 11) is 0. The van der Waals surface area contributed by atoms with Crippen molar-refractivity contribution in [2.45, 2.75) is 25.3 Å². The van der Waals surface area contributed by atoms with Crippen LogP contribution in [0.1, 0.15) is 12.0 Å². The lowest BCUT2D eigenvalue weighted by atomic mass is 9.81. The first-order valence-electron chi connectivity index (χ1n) is 5.21. The summed E-state index contributed by atoms with van der Waals surface area (Å²) in [6, 6.07) is 9.79. The van der Waals surface area contributed by atoms with Gasteiger partial charge in [0.05, 0.1) is 19.3 Å². The molecule has 0 radical (unpaired) electrons. The van der Waals surface area contributed by atoms with Gasteiger partial charge in [-0.1, -0.05) is 30.3 Å². The number of hydrogen-bond acceptors (Lipinski definition) is 2. The van der Waals surface area contributed by atoms with E-state index in [1.54, 1.807) is 0 Å². The Hall–Kier alpha value is -0.930. The molecule has 0 amide bonds. The average Bonchev–Trinajstić information content (AvgIpc) is 2.29. The molecule has 1 N–H and O–H groups in total. The van der Waals surface area contributed by atoms with Crippen LogP contribution in [0.15, 0.2) is 30.3 Å². The maximum atomic E-state index is 13.0. The number of benzene rings is 1. The van der Waals surface area contributed by atoms with Crippen molar-refractivity contribution in [3.8, 4) is 0 Å². The van der Waals surface area contributed by atoms with E-state index in [0.29, 0.717) is 19.6 Å². The Morgan fingerprint density at radius 3 is 2.67 bits per heavy atom. The van der Waals surface area contributed by atoms with Crippen LogP contribution in [0.5, 0.6) is 0 Å². The topological polar surface area (TPSA) is 29.5 Å². The number of halogens is 1. The molecule has 15 heavy (non-hydrogen) atoms. The number of alkyl halides is 1. The highest BCUT2D eigenvalue weighted by molar-refractivity contribution is 5.13. The molecule has 82 valence electrons. The normalized spacial score (nSPS) is 29.9. The van der Waals surface area contributed by atoms with Gasteiger partial charge in [0, 0.05) is 5.92 Å². The van der Waals surface area contributed by atoms with Crippen LogP contribution in [0.2, 0.25) is 0 Å². The third-order valence-corrected chi connectivity index (χ3v) is 2.81. The van der Waals surface area contributed by atoms with Crippen LogP contribution in [0.25, 0.3) is 0 Å². The van der Waals surface area contributed by atoms with Gasteiger partial charge in [0.1, 0.15) is 6.17 Å². The van der Waals surface area contributed by atoms with Crippen molar-refractivity contribution in [3.05, 3.63) is 35.9 Å². The first kappa shape index (κ1) is 10.6. The van der Waals surface area contributed by atoms with Crippen molar-refractivity contribution in [2.24, 2.45) is 5.92 Å². The second-order valence-electron chi connectivity index (χ2n) is 4.01. The molecule has 0 aliphatic heterocycles. The number of aliphatic hydroxyl groups excluding tert-OH is 1. The summed E-state index contributed by atoms with van der Waals surface area (Å²) in [6.07, 6.45) is -1.34. The standard InChI is InChI=1S/C12H15FO2/c13-12-10(6-11(12)14)8-15-7-9-4-2-1-3-5-9/h1-5,10-12,14H,6-8H2/t10-,11-,12+/m0/s1. The molecule has 0 heterocycles. The quantitative estimate of drug-likeness (QED) is 0.822. The van der Waals surface area contributed by atoms with E-state index in [4.69, 9.17) is 9.84 Å². The number of hydrogen-bond donors (Lipinski definition) is 1. The van der Waals surface area contributed by atoms with E-state index in [2.05, 4.69) is 0 Å². The molecule has 1 saturated carbocycles. The van der Waals surface area contributed by atoms with Crippen LogP contribution in [-0.2, 0) is 11.3 Å². The largest absolute Gasteiger partial charge is 0.390 e. The van der Waals surface area contributed by atoms with Gasteiger partial charge in [0.2, 0.25) is 0 Å². The highest BCUT2D eigenvalue weighted by atomic mass is 19.1. The van der Waals surface area contributed by atoms with E-state index in [9.17, 15) is 4.39 Å². The van der Waals surface area contributed by atoms with E-state index in [-0.39, 0.29) is 5.92 Å². The molecule has 1 aromatic rings. The van der Waals surface area contributed by atoms with Gasteiger partial charge < -0.3 is 9.84 Å². The van der Waals surface area contributed by atoms with Gasteiger partial charge >= 0.3 is 0 Å². The minimum Gasteiger partial charge on any atom is -0.390 e. The third kappa shape index (κ3) is 2.55. The maximum absolute atomic E-state index is 13.0. The van der Waals surface area contributed by atoms with Gasteiger partial charge in [-0.05, 0) is 12.0 Å². The van der Waals surface area contributed by atoms with Gasteiger partial charge in [0.15, 0.2) is 0 Å². The second kappa shape index (κ2) is 4.73. The fourth-order valence-corrected chi connectivity index (χ4v) is 1.75. The van der Waals surface area contributed by atoms with Crippen LogP contribution in [0.4, 0.5) is 4.39 Å². The molecule has 0 spiro atoms. The van der Waals surface area contributed by atoms with Gasteiger partial charge in [-0.25, -0.2) is 4.39 Å². The van der Waals surface area contributed by atoms with Crippen LogP contribution in [0.3, 0.4) is 0 Å². The van der Waals surface area contributed by atoms with Crippen molar-refractivity contribution >= 4 is 0 Å². The Morgan fingerprint density at radius 2 is 2.07 bits per heavy atom. The van der Waals surface area contributed by atoms with E-state index in [1.165, 1.54) is 0 Å². The minimum absolute atomic E-state index is 0.122.